The first-order valence-corrected chi connectivity index (χ1v) is 5.99. The van der Waals surface area contributed by atoms with Gasteiger partial charge in [-0.15, -0.1) is 0 Å². The molecule has 3 heteroatoms. The molecule has 0 saturated heterocycles. The van der Waals surface area contributed by atoms with Crippen LogP contribution in [0.2, 0.25) is 10.0 Å². The fraction of sp³-hybridized carbons (Fsp3) is 0.500. The average molecular weight is 244 g/mol. The summed E-state index contributed by atoms with van der Waals surface area (Å²) in [7, 11) is 0. The van der Waals surface area contributed by atoms with Gasteiger partial charge in [-0.3, -0.25) is 0 Å². The number of hydrogen-bond acceptors (Lipinski definition) is 1. The zero-order valence-corrected chi connectivity index (χ0v) is 10.3. The highest BCUT2D eigenvalue weighted by molar-refractivity contribution is 6.42. The molecular formula is C12H15Cl2N. The van der Waals surface area contributed by atoms with Crippen LogP contribution in [-0.4, -0.2) is 6.54 Å². The third kappa shape index (κ3) is 3.10. The third-order valence-corrected chi connectivity index (χ3v) is 3.71. The van der Waals surface area contributed by atoms with Crippen LogP contribution in [0, 0.1) is 5.41 Å². The molecule has 0 heterocycles. The number of rotatable bonds is 4. The molecule has 0 bridgehead atoms. The minimum atomic E-state index is 0.552. The van der Waals surface area contributed by atoms with Gasteiger partial charge in [0, 0.05) is 13.1 Å². The molecule has 1 aliphatic carbocycles. The number of benzene rings is 1. The second kappa shape index (κ2) is 4.32. The van der Waals surface area contributed by atoms with Gasteiger partial charge in [-0.1, -0.05) is 36.2 Å². The van der Waals surface area contributed by atoms with E-state index in [1.807, 2.05) is 18.2 Å². The second-order valence-corrected chi connectivity index (χ2v) is 5.48. The van der Waals surface area contributed by atoms with Gasteiger partial charge in [0.2, 0.25) is 0 Å². The number of nitrogens with one attached hydrogen (secondary N) is 1. The summed E-state index contributed by atoms with van der Waals surface area (Å²) in [6.07, 6.45) is 2.70. The number of hydrogen-bond donors (Lipinski definition) is 1. The highest BCUT2D eigenvalue weighted by Gasteiger charge is 2.36. The maximum absolute atomic E-state index is 5.94. The Morgan fingerprint density at radius 3 is 2.60 bits per heavy atom. The molecule has 0 amide bonds. The van der Waals surface area contributed by atoms with Gasteiger partial charge in [0.15, 0.2) is 0 Å². The highest BCUT2D eigenvalue weighted by atomic mass is 35.5. The molecule has 1 saturated carbocycles. The molecular weight excluding hydrogens is 229 g/mol. The smallest absolute Gasteiger partial charge is 0.0595 e. The summed E-state index contributed by atoms with van der Waals surface area (Å²) < 4.78 is 0. The Kier molecular flexibility index (Phi) is 3.24. The molecule has 0 unspecified atom stereocenters. The lowest BCUT2D eigenvalue weighted by Crippen LogP contribution is -2.21. The van der Waals surface area contributed by atoms with Crippen LogP contribution in [-0.2, 0) is 6.54 Å². The van der Waals surface area contributed by atoms with Crippen molar-refractivity contribution in [1.82, 2.24) is 5.32 Å². The Morgan fingerprint density at radius 2 is 2.00 bits per heavy atom. The molecule has 0 spiro atoms. The van der Waals surface area contributed by atoms with Gasteiger partial charge in [-0.25, -0.2) is 0 Å². The molecule has 1 fully saturated rings. The number of halogens is 2. The van der Waals surface area contributed by atoms with Crippen molar-refractivity contribution >= 4 is 23.2 Å². The zero-order valence-electron chi connectivity index (χ0n) is 8.82. The lowest BCUT2D eigenvalue weighted by atomic mass is 10.1. The first-order valence-electron chi connectivity index (χ1n) is 5.24. The van der Waals surface area contributed by atoms with E-state index in [-0.39, 0.29) is 0 Å². The van der Waals surface area contributed by atoms with Crippen LogP contribution >= 0.6 is 23.2 Å². The van der Waals surface area contributed by atoms with Gasteiger partial charge >= 0.3 is 0 Å². The SMILES string of the molecule is CC1(CNCc2ccc(Cl)c(Cl)c2)CC1. The van der Waals surface area contributed by atoms with E-state index in [4.69, 9.17) is 23.2 Å². The molecule has 0 aromatic heterocycles. The lowest BCUT2D eigenvalue weighted by molar-refractivity contribution is 0.499. The Balaban J connectivity index is 1.85. The first-order chi connectivity index (χ1) is 7.09. The van der Waals surface area contributed by atoms with E-state index in [0.717, 1.165) is 13.1 Å². The van der Waals surface area contributed by atoms with Gasteiger partial charge in [0.1, 0.15) is 0 Å². The van der Waals surface area contributed by atoms with Crippen molar-refractivity contribution in [1.29, 1.82) is 0 Å². The van der Waals surface area contributed by atoms with Crippen LogP contribution in [0.1, 0.15) is 25.3 Å². The summed E-state index contributed by atoms with van der Waals surface area (Å²) in [5.74, 6) is 0. The van der Waals surface area contributed by atoms with Crippen molar-refractivity contribution in [3.05, 3.63) is 33.8 Å². The molecule has 1 aliphatic rings. The van der Waals surface area contributed by atoms with Crippen LogP contribution in [0.5, 0.6) is 0 Å². The quantitative estimate of drug-likeness (QED) is 0.847. The molecule has 0 atom stereocenters. The van der Waals surface area contributed by atoms with Crippen molar-refractivity contribution in [2.24, 2.45) is 5.41 Å². The third-order valence-electron chi connectivity index (χ3n) is 2.97. The minimum absolute atomic E-state index is 0.552. The fourth-order valence-corrected chi connectivity index (χ4v) is 1.87. The predicted molar refractivity (Wildman–Crippen MR) is 65.5 cm³/mol. The van der Waals surface area contributed by atoms with Crippen LogP contribution in [0.3, 0.4) is 0 Å². The van der Waals surface area contributed by atoms with Crippen molar-refractivity contribution in [2.45, 2.75) is 26.3 Å². The minimum Gasteiger partial charge on any atom is -0.312 e. The van der Waals surface area contributed by atoms with Gasteiger partial charge in [0.25, 0.3) is 0 Å². The van der Waals surface area contributed by atoms with Gasteiger partial charge in [-0.2, -0.15) is 0 Å². The van der Waals surface area contributed by atoms with Gasteiger partial charge in [0.05, 0.1) is 10.0 Å². The summed E-state index contributed by atoms with van der Waals surface area (Å²) in [6, 6.07) is 5.78. The summed E-state index contributed by atoms with van der Waals surface area (Å²) in [5, 5.41) is 4.70. The van der Waals surface area contributed by atoms with Crippen molar-refractivity contribution in [3.63, 3.8) is 0 Å². The Bertz CT molecular complexity index is 359. The average Bonchev–Trinajstić information content (AvgIpc) is 2.90. The van der Waals surface area contributed by atoms with E-state index >= 15 is 0 Å². The van der Waals surface area contributed by atoms with Crippen molar-refractivity contribution in [3.8, 4) is 0 Å². The summed E-state index contributed by atoms with van der Waals surface area (Å²) in [5.41, 5.74) is 1.74. The van der Waals surface area contributed by atoms with Crippen LogP contribution in [0.4, 0.5) is 0 Å². The van der Waals surface area contributed by atoms with Crippen LogP contribution in [0.15, 0.2) is 18.2 Å². The van der Waals surface area contributed by atoms with Crippen LogP contribution < -0.4 is 5.32 Å². The Hall–Kier alpha value is -0.240. The molecule has 15 heavy (non-hydrogen) atoms. The Labute approximate surface area is 101 Å². The molecule has 82 valence electrons. The highest BCUT2D eigenvalue weighted by Crippen LogP contribution is 2.44. The van der Waals surface area contributed by atoms with Crippen LogP contribution in [0.25, 0.3) is 0 Å². The molecule has 2 rings (SSSR count). The molecule has 0 radical (unpaired) electrons. The van der Waals surface area contributed by atoms with E-state index in [9.17, 15) is 0 Å². The van der Waals surface area contributed by atoms with E-state index in [2.05, 4.69) is 12.2 Å². The zero-order chi connectivity index (χ0) is 10.9. The molecule has 1 N–H and O–H groups in total. The summed E-state index contributed by atoms with van der Waals surface area (Å²) in [6.45, 7) is 4.27. The van der Waals surface area contributed by atoms with E-state index in [1.165, 1.54) is 18.4 Å². The molecule has 0 aliphatic heterocycles. The van der Waals surface area contributed by atoms with E-state index in [1.54, 1.807) is 0 Å². The van der Waals surface area contributed by atoms with Crippen molar-refractivity contribution in [2.75, 3.05) is 6.54 Å². The largest absolute Gasteiger partial charge is 0.312 e. The second-order valence-electron chi connectivity index (χ2n) is 4.66. The normalized spacial score (nSPS) is 17.8. The molecule has 1 aromatic rings. The fourth-order valence-electron chi connectivity index (χ4n) is 1.55. The summed E-state index contributed by atoms with van der Waals surface area (Å²) in [4.78, 5) is 0. The first kappa shape index (κ1) is 11.3. The topological polar surface area (TPSA) is 12.0 Å². The standard InChI is InChI=1S/C12H15Cl2N/c1-12(4-5-12)8-15-7-9-2-3-10(13)11(14)6-9/h2-3,6,15H,4-5,7-8H2,1H3. The molecule has 1 aromatic carbocycles. The maximum Gasteiger partial charge on any atom is 0.0595 e. The van der Waals surface area contributed by atoms with E-state index in [0.29, 0.717) is 15.5 Å². The monoisotopic (exact) mass is 243 g/mol. The maximum atomic E-state index is 5.94. The Morgan fingerprint density at radius 1 is 1.27 bits per heavy atom. The molecule has 1 nitrogen and oxygen atoms in total. The van der Waals surface area contributed by atoms with Gasteiger partial charge in [-0.05, 0) is 36.0 Å². The predicted octanol–water partition coefficient (Wildman–Crippen LogP) is 3.88. The lowest BCUT2D eigenvalue weighted by Gasteiger charge is -2.10. The van der Waals surface area contributed by atoms with E-state index < -0.39 is 0 Å². The van der Waals surface area contributed by atoms with Crippen molar-refractivity contribution < 1.29 is 0 Å². The summed E-state index contributed by atoms with van der Waals surface area (Å²) >= 11 is 11.8. The van der Waals surface area contributed by atoms with Gasteiger partial charge < -0.3 is 5.32 Å².